The average molecular weight is 662 g/mol. The monoisotopic (exact) mass is 661 g/mol. The maximum absolute atomic E-state index is 13.9. The Bertz CT molecular complexity index is 1730. The smallest absolute Gasteiger partial charge is 0.335 e. The van der Waals surface area contributed by atoms with Crippen LogP contribution in [0.2, 0.25) is 0 Å². The van der Waals surface area contributed by atoms with Gasteiger partial charge in [0.1, 0.15) is 17.8 Å². The molecule has 242 valence electrons. The fourth-order valence-electron chi connectivity index (χ4n) is 5.39. The number of carbonyl (C=O) groups excluding carboxylic acids is 1. The van der Waals surface area contributed by atoms with Crippen molar-refractivity contribution in [1.82, 2.24) is 29.0 Å². The van der Waals surface area contributed by atoms with Crippen molar-refractivity contribution in [3.63, 3.8) is 0 Å². The Morgan fingerprint density at radius 2 is 1.98 bits per heavy atom. The van der Waals surface area contributed by atoms with Gasteiger partial charge in [-0.3, -0.25) is 9.36 Å². The van der Waals surface area contributed by atoms with E-state index in [1.54, 1.807) is 25.7 Å². The van der Waals surface area contributed by atoms with E-state index >= 15 is 0 Å². The number of methoxy groups -OCH3 is 1. The first-order valence-corrected chi connectivity index (χ1v) is 16.2. The van der Waals surface area contributed by atoms with Crippen LogP contribution in [0.15, 0.2) is 21.8 Å². The molecule has 0 radical (unpaired) electrons. The van der Waals surface area contributed by atoms with E-state index in [-0.39, 0.29) is 66.9 Å². The van der Waals surface area contributed by atoms with Gasteiger partial charge in [0.25, 0.3) is 12.3 Å². The van der Waals surface area contributed by atoms with E-state index < -0.39 is 45.0 Å². The van der Waals surface area contributed by atoms with E-state index in [4.69, 9.17) is 9.47 Å². The van der Waals surface area contributed by atoms with Gasteiger partial charge >= 0.3 is 5.69 Å². The van der Waals surface area contributed by atoms with Crippen LogP contribution in [0, 0.1) is 0 Å². The minimum Gasteiger partial charge on any atom is -0.377 e. The van der Waals surface area contributed by atoms with Crippen LogP contribution >= 0.6 is 11.3 Å². The maximum atomic E-state index is 13.9. The minimum atomic E-state index is -4.38. The zero-order valence-electron chi connectivity index (χ0n) is 24.8. The normalized spacial score (nSPS) is 19.2. The Kier molecular flexibility index (Phi) is 8.60. The number of ether oxygens (including phenoxy) is 2. The van der Waals surface area contributed by atoms with Crippen molar-refractivity contribution in [2.24, 2.45) is 0 Å². The van der Waals surface area contributed by atoms with E-state index in [0.29, 0.717) is 22.5 Å². The lowest BCUT2D eigenvalue weighted by Crippen LogP contribution is -2.63. The molecule has 2 aliphatic rings. The second-order valence-corrected chi connectivity index (χ2v) is 14.1. The number of fused-ring (bicyclic) bond motifs is 1. The fraction of sp³-hybridized carbons (Fsp3) is 0.615. The first-order valence-electron chi connectivity index (χ1n) is 13.9. The summed E-state index contributed by atoms with van der Waals surface area (Å²) in [5.41, 5.74) is -2.30. The number of sulfonamides is 1. The van der Waals surface area contributed by atoms with Crippen molar-refractivity contribution >= 4 is 44.0 Å². The number of imidazole rings is 1. The number of amides is 1. The molecule has 18 heteroatoms. The summed E-state index contributed by atoms with van der Waals surface area (Å²) in [6, 6.07) is 2.32. The second-order valence-electron chi connectivity index (χ2n) is 11.4. The number of hydrogen-bond donors (Lipinski definition) is 1. The SMILES string of the molecule is CCn1c(=O)n(-c2nnc(C(F)F)s2)c2cc(S(=O)(=O)NC3(CF)COC3)cc(N3CCN(C(=O)C(C)(C)OC)[C@@H](C)C3)c21. The molecule has 44 heavy (non-hydrogen) atoms. The number of aryl methyl sites for hydroxylation is 1. The van der Waals surface area contributed by atoms with Crippen molar-refractivity contribution in [2.45, 2.75) is 62.7 Å². The van der Waals surface area contributed by atoms with Gasteiger partial charge in [-0.2, -0.15) is 4.72 Å². The Morgan fingerprint density at radius 3 is 2.50 bits per heavy atom. The number of anilines is 1. The van der Waals surface area contributed by atoms with Gasteiger partial charge in [0.15, 0.2) is 5.01 Å². The molecule has 1 aromatic carbocycles. The van der Waals surface area contributed by atoms with Gasteiger partial charge in [0.05, 0.1) is 34.8 Å². The molecule has 5 rings (SSSR count). The number of aromatic nitrogens is 4. The Morgan fingerprint density at radius 1 is 1.27 bits per heavy atom. The molecule has 2 aromatic heterocycles. The van der Waals surface area contributed by atoms with Gasteiger partial charge < -0.3 is 19.3 Å². The van der Waals surface area contributed by atoms with Crippen LogP contribution in [0.3, 0.4) is 0 Å². The molecule has 1 atom stereocenters. The van der Waals surface area contributed by atoms with Crippen LogP contribution in [0.5, 0.6) is 0 Å². The van der Waals surface area contributed by atoms with E-state index in [1.807, 2.05) is 11.8 Å². The number of hydrogen-bond acceptors (Lipinski definition) is 10. The van der Waals surface area contributed by atoms with E-state index in [0.717, 1.165) is 4.57 Å². The third-order valence-electron chi connectivity index (χ3n) is 8.03. The van der Waals surface area contributed by atoms with Crippen LogP contribution in [0.25, 0.3) is 16.2 Å². The van der Waals surface area contributed by atoms with Crippen LogP contribution in [-0.2, 0) is 30.8 Å². The lowest BCUT2D eigenvalue weighted by molar-refractivity contribution is -0.153. The Labute approximate surface area is 255 Å². The minimum absolute atomic E-state index is 0.0949. The Balaban J connectivity index is 1.68. The molecule has 0 aliphatic carbocycles. The van der Waals surface area contributed by atoms with Gasteiger partial charge in [0, 0.05) is 39.3 Å². The van der Waals surface area contributed by atoms with Crippen LogP contribution < -0.4 is 15.3 Å². The van der Waals surface area contributed by atoms with Gasteiger partial charge in [-0.05, 0) is 39.8 Å². The topological polar surface area (TPSA) is 141 Å². The molecule has 0 unspecified atom stereocenters. The summed E-state index contributed by atoms with van der Waals surface area (Å²) in [5, 5.41) is 6.55. The van der Waals surface area contributed by atoms with Crippen molar-refractivity contribution in [3.05, 3.63) is 27.6 Å². The number of rotatable bonds is 10. The largest absolute Gasteiger partial charge is 0.377 e. The van der Waals surface area contributed by atoms with Crippen LogP contribution in [-0.4, -0.2) is 102 Å². The second kappa shape index (κ2) is 11.7. The van der Waals surface area contributed by atoms with E-state index in [2.05, 4.69) is 14.9 Å². The van der Waals surface area contributed by atoms with Crippen molar-refractivity contribution in [2.75, 3.05) is 51.5 Å². The summed E-state index contributed by atoms with van der Waals surface area (Å²) >= 11 is 0.513. The van der Waals surface area contributed by atoms with Crippen molar-refractivity contribution < 1.29 is 35.9 Å². The van der Waals surface area contributed by atoms with Crippen molar-refractivity contribution in [1.29, 1.82) is 0 Å². The molecule has 4 heterocycles. The predicted molar refractivity (Wildman–Crippen MR) is 156 cm³/mol. The van der Waals surface area contributed by atoms with Crippen LogP contribution in [0.1, 0.15) is 39.1 Å². The quantitative estimate of drug-likeness (QED) is 0.346. The molecule has 0 saturated carbocycles. The highest BCUT2D eigenvalue weighted by molar-refractivity contribution is 7.89. The third-order valence-corrected chi connectivity index (χ3v) is 10.5. The number of halogens is 3. The highest BCUT2D eigenvalue weighted by Crippen LogP contribution is 2.35. The zero-order valence-corrected chi connectivity index (χ0v) is 26.5. The number of nitrogens with one attached hydrogen (secondary N) is 1. The lowest BCUT2D eigenvalue weighted by Gasteiger charge is -2.43. The molecule has 1 amide bonds. The summed E-state index contributed by atoms with van der Waals surface area (Å²) in [6.45, 7) is 6.61. The number of alkyl halides is 3. The first-order chi connectivity index (χ1) is 20.7. The summed E-state index contributed by atoms with van der Waals surface area (Å²) in [6.07, 6.45) is -2.92. The van der Waals surface area contributed by atoms with Gasteiger partial charge in [0.2, 0.25) is 15.2 Å². The molecule has 2 saturated heterocycles. The molecular weight excluding hydrogens is 627 g/mol. The molecular formula is C26H34F3N7O6S2. The molecule has 3 aromatic rings. The number of benzene rings is 1. The fourth-order valence-corrected chi connectivity index (χ4v) is 7.49. The maximum Gasteiger partial charge on any atom is 0.335 e. The molecule has 13 nitrogen and oxygen atoms in total. The molecule has 0 spiro atoms. The van der Waals surface area contributed by atoms with Crippen molar-refractivity contribution in [3.8, 4) is 5.13 Å². The van der Waals surface area contributed by atoms with Crippen LogP contribution in [0.4, 0.5) is 18.9 Å². The zero-order chi connectivity index (χ0) is 32.2. The average Bonchev–Trinajstić information content (AvgIpc) is 3.56. The summed E-state index contributed by atoms with van der Waals surface area (Å²) in [4.78, 5) is 30.2. The predicted octanol–water partition coefficient (Wildman–Crippen LogP) is 2.08. The Hall–Kier alpha value is -3.06. The highest BCUT2D eigenvalue weighted by atomic mass is 32.2. The van der Waals surface area contributed by atoms with Gasteiger partial charge in [-0.1, -0.05) is 11.3 Å². The van der Waals surface area contributed by atoms with E-state index in [9.17, 15) is 31.2 Å². The third kappa shape index (κ3) is 5.50. The molecule has 2 aliphatic heterocycles. The molecule has 0 bridgehead atoms. The summed E-state index contributed by atoms with van der Waals surface area (Å²) in [5.74, 6) is -0.209. The highest BCUT2D eigenvalue weighted by Gasteiger charge is 2.43. The molecule has 1 N–H and O–H groups in total. The van der Waals surface area contributed by atoms with E-state index in [1.165, 1.54) is 23.8 Å². The van der Waals surface area contributed by atoms with Gasteiger partial charge in [-0.15, -0.1) is 10.2 Å². The molecule has 2 fully saturated rings. The number of carbonyl (C=O) groups is 1. The summed E-state index contributed by atoms with van der Waals surface area (Å²) in [7, 11) is -2.92. The van der Waals surface area contributed by atoms with Gasteiger partial charge in [-0.25, -0.2) is 31.0 Å². The number of nitrogens with zero attached hydrogens (tertiary/aromatic N) is 6. The summed E-state index contributed by atoms with van der Waals surface area (Å²) < 4.78 is 83.4. The first kappa shape index (κ1) is 32.3. The lowest BCUT2D eigenvalue weighted by atomic mass is 10.0. The number of piperazine rings is 1. The standard InChI is InChI=1S/C26H34F3N7O6S2/c1-6-34-19-17(33-7-8-35(15(2)11-33)22(37)25(3,4)41-5)9-16(44(39,40)32-26(12-27)13-42-14-26)10-18(19)36(24(34)38)23-31-30-21(43-23)20(28)29/h9-10,15,20,32H,6-8,11-14H2,1-5H3/t15-/m0/s1.